The Kier molecular flexibility index (Phi) is 8.64. The van der Waals surface area contributed by atoms with Crippen LogP contribution in [0.25, 0.3) is 10.8 Å². The van der Waals surface area contributed by atoms with Gasteiger partial charge in [0.25, 0.3) is 0 Å². The summed E-state index contributed by atoms with van der Waals surface area (Å²) in [5.41, 5.74) is -0.402. The third-order valence-corrected chi connectivity index (χ3v) is 7.79. The highest BCUT2D eigenvalue weighted by molar-refractivity contribution is 14.1. The number of rotatable bonds is 9. The molecule has 1 unspecified atom stereocenters. The zero-order valence-corrected chi connectivity index (χ0v) is 23.0. The molecule has 0 bridgehead atoms. The van der Waals surface area contributed by atoms with Crippen LogP contribution in [0.3, 0.4) is 0 Å². The highest BCUT2D eigenvalue weighted by Gasteiger charge is 2.40. The first-order chi connectivity index (χ1) is 18.1. The number of nitrogens with one attached hydrogen (secondary N) is 1. The summed E-state index contributed by atoms with van der Waals surface area (Å²) >= 11 is 1.66. The first-order valence-electron chi connectivity index (χ1n) is 11.4. The molecule has 2 atom stereocenters. The maximum absolute atomic E-state index is 14.1. The van der Waals surface area contributed by atoms with Gasteiger partial charge in [-0.05, 0) is 58.7 Å². The number of hydrogen-bond donors (Lipinski definition) is 1. The Labute approximate surface area is 230 Å². The fraction of sp³-hybridized carbons (Fsp3) is 0.148. The van der Waals surface area contributed by atoms with Crippen molar-refractivity contribution in [3.63, 3.8) is 0 Å². The van der Waals surface area contributed by atoms with Crippen LogP contribution < -0.4 is 14.1 Å². The standard InChI is InChI=1S/C27H22F3INO5P/c1-18(26(33)35-17-19-9-3-2-4-10-19)32-38(34,36-24-16-7-12-20-11-5-6-13-21(20)24)37-25-22(27(28,29)30)14-8-15-23(25)31/h2-16,18H,17H2,1H3,(H,32,34)/t18-,38?/m0/s1. The zero-order chi connectivity index (χ0) is 27.3. The maximum atomic E-state index is 14.1. The van der Waals surface area contributed by atoms with Crippen LogP contribution in [0, 0.1) is 3.57 Å². The van der Waals surface area contributed by atoms with Gasteiger partial charge in [0, 0.05) is 5.39 Å². The molecule has 198 valence electrons. The fourth-order valence-electron chi connectivity index (χ4n) is 3.56. The summed E-state index contributed by atoms with van der Waals surface area (Å²) in [7, 11) is -4.65. The Morgan fingerprint density at radius 1 is 0.921 bits per heavy atom. The van der Waals surface area contributed by atoms with E-state index in [0.29, 0.717) is 5.39 Å². The number of hydrogen-bond acceptors (Lipinski definition) is 5. The van der Waals surface area contributed by atoms with Gasteiger partial charge < -0.3 is 13.8 Å². The normalized spacial score (nSPS) is 13.9. The first kappa shape index (κ1) is 27.9. The molecule has 0 aliphatic carbocycles. The van der Waals surface area contributed by atoms with Crippen molar-refractivity contribution in [3.8, 4) is 11.5 Å². The lowest BCUT2D eigenvalue weighted by Gasteiger charge is -2.25. The molecule has 6 nitrogen and oxygen atoms in total. The number of para-hydroxylation sites is 1. The third kappa shape index (κ3) is 6.86. The average Bonchev–Trinajstić information content (AvgIpc) is 2.88. The Balaban J connectivity index is 1.66. The van der Waals surface area contributed by atoms with Gasteiger partial charge in [0.1, 0.15) is 18.4 Å². The third-order valence-electron chi connectivity index (χ3n) is 5.38. The largest absolute Gasteiger partial charge is 0.513 e. The van der Waals surface area contributed by atoms with E-state index < -0.39 is 37.2 Å². The van der Waals surface area contributed by atoms with Crippen molar-refractivity contribution in [2.45, 2.75) is 25.7 Å². The molecule has 0 amide bonds. The lowest BCUT2D eigenvalue weighted by Crippen LogP contribution is -2.36. The summed E-state index contributed by atoms with van der Waals surface area (Å²) in [4.78, 5) is 12.7. The molecule has 0 saturated heterocycles. The van der Waals surface area contributed by atoms with Crippen molar-refractivity contribution in [1.82, 2.24) is 5.09 Å². The number of carbonyl (C=O) groups is 1. The molecule has 0 heterocycles. The number of esters is 1. The predicted molar refractivity (Wildman–Crippen MR) is 146 cm³/mol. The Bertz CT molecular complexity index is 1480. The Morgan fingerprint density at radius 2 is 1.58 bits per heavy atom. The molecule has 0 aliphatic heterocycles. The van der Waals surface area contributed by atoms with E-state index in [1.807, 2.05) is 6.07 Å². The molecule has 38 heavy (non-hydrogen) atoms. The summed E-state index contributed by atoms with van der Waals surface area (Å²) < 4.78 is 72.1. The van der Waals surface area contributed by atoms with Crippen molar-refractivity contribution in [2.24, 2.45) is 0 Å². The van der Waals surface area contributed by atoms with Gasteiger partial charge in [0.15, 0.2) is 5.75 Å². The number of carbonyl (C=O) groups excluding carboxylic acids is 1. The van der Waals surface area contributed by atoms with Gasteiger partial charge in [-0.1, -0.05) is 72.8 Å². The summed E-state index contributed by atoms with van der Waals surface area (Å²) in [6, 6.07) is 23.1. The molecule has 4 aromatic carbocycles. The molecule has 0 spiro atoms. The van der Waals surface area contributed by atoms with Crippen molar-refractivity contribution in [1.29, 1.82) is 0 Å². The lowest BCUT2D eigenvalue weighted by molar-refractivity contribution is -0.146. The Morgan fingerprint density at radius 3 is 2.32 bits per heavy atom. The minimum Gasteiger partial charge on any atom is -0.460 e. The van der Waals surface area contributed by atoms with Gasteiger partial charge in [-0.25, -0.2) is 4.57 Å². The molecular weight excluding hydrogens is 633 g/mol. The molecule has 4 aromatic rings. The van der Waals surface area contributed by atoms with Crippen LogP contribution in [-0.2, 0) is 26.9 Å². The lowest BCUT2D eigenvalue weighted by atomic mass is 10.1. The average molecular weight is 655 g/mol. The summed E-state index contributed by atoms with van der Waals surface area (Å²) in [6.45, 7) is 1.31. The summed E-state index contributed by atoms with van der Waals surface area (Å²) in [5, 5.41) is 3.76. The van der Waals surface area contributed by atoms with E-state index in [9.17, 15) is 22.5 Å². The molecule has 4 rings (SSSR count). The number of benzene rings is 4. The fourth-order valence-corrected chi connectivity index (χ4v) is 5.92. The van der Waals surface area contributed by atoms with Crippen LogP contribution >= 0.6 is 30.3 Å². The van der Waals surface area contributed by atoms with Crippen molar-refractivity contribution in [3.05, 3.63) is 106 Å². The van der Waals surface area contributed by atoms with Crippen LogP contribution in [0.4, 0.5) is 13.2 Å². The van der Waals surface area contributed by atoms with Crippen LogP contribution in [0.2, 0.25) is 0 Å². The molecule has 0 saturated carbocycles. The second-order valence-corrected chi connectivity index (χ2v) is 11.0. The van der Waals surface area contributed by atoms with Gasteiger partial charge in [0.2, 0.25) is 0 Å². The molecule has 0 radical (unpaired) electrons. The number of halogens is 4. The highest BCUT2D eigenvalue weighted by Crippen LogP contribution is 2.51. The predicted octanol–water partition coefficient (Wildman–Crippen LogP) is 7.75. The van der Waals surface area contributed by atoms with E-state index in [1.165, 1.54) is 25.1 Å². The van der Waals surface area contributed by atoms with Gasteiger partial charge in [-0.2, -0.15) is 18.3 Å². The van der Waals surface area contributed by atoms with Crippen molar-refractivity contribution in [2.75, 3.05) is 0 Å². The van der Waals surface area contributed by atoms with Crippen molar-refractivity contribution < 1.29 is 36.3 Å². The summed E-state index contributed by atoms with van der Waals surface area (Å²) in [5.74, 6) is -1.37. The van der Waals surface area contributed by atoms with E-state index in [0.717, 1.165) is 17.0 Å². The van der Waals surface area contributed by atoms with E-state index in [1.54, 1.807) is 83.3 Å². The van der Waals surface area contributed by atoms with Gasteiger partial charge >= 0.3 is 19.9 Å². The molecule has 0 aromatic heterocycles. The van der Waals surface area contributed by atoms with Crippen LogP contribution in [-0.4, -0.2) is 12.0 Å². The minimum atomic E-state index is -4.79. The molecule has 1 N–H and O–H groups in total. The van der Waals surface area contributed by atoms with Gasteiger partial charge in [0.05, 0.1) is 9.13 Å². The van der Waals surface area contributed by atoms with E-state index in [-0.39, 0.29) is 15.9 Å². The first-order valence-corrected chi connectivity index (χ1v) is 14.0. The molecular formula is C27H22F3INO5P. The smallest absolute Gasteiger partial charge is 0.460 e. The molecule has 0 aliphatic rings. The number of ether oxygens (including phenoxy) is 1. The van der Waals surface area contributed by atoms with Crippen LogP contribution in [0.15, 0.2) is 91.0 Å². The van der Waals surface area contributed by atoms with Crippen LogP contribution in [0.5, 0.6) is 11.5 Å². The second kappa shape index (κ2) is 11.8. The maximum Gasteiger partial charge on any atom is 0.513 e. The second-order valence-electron chi connectivity index (χ2n) is 8.22. The topological polar surface area (TPSA) is 73.9 Å². The summed E-state index contributed by atoms with van der Waals surface area (Å²) in [6.07, 6.45) is -4.79. The zero-order valence-electron chi connectivity index (χ0n) is 19.9. The van der Waals surface area contributed by atoms with E-state index in [4.69, 9.17) is 13.8 Å². The SMILES string of the molecule is C[C@H](NP(=O)(Oc1c(I)cccc1C(F)(F)F)Oc1cccc2ccccc12)C(=O)OCc1ccccc1. The van der Waals surface area contributed by atoms with Gasteiger partial charge in [-0.3, -0.25) is 4.79 Å². The number of fused-ring (bicyclic) bond motifs is 1. The number of alkyl halides is 3. The van der Waals surface area contributed by atoms with E-state index in [2.05, 4.69) is 5.09 Å². The van der Waals surface area contributed by atoms with Gasteiger partial charge in [-0.15, -0.1) is 0 Å². The Hall–Kier alpha value is -3.08. The molecule has 11 heteroatoms. The highest BCUT2D eigenvalue weighted by atomic mass is 127. The minimum absolute atomic E-state index is 0.0458. The quantitative estimate of drug-likeness (QED) is 0.113. The monoisotopic (exact) mass is 655 g/mol. The van der Waals surface area contributed by atoms with Crippen molar-refractivity contribution >= 4 is 47.1 Å². The van der Waals surface area contributed by atoms with E-state index >= 15 is 0 Å². The van der Waals surface area contributed by atoms with Crippen LogP contribution in [0.1, 0.15) is 18.1 Å². The molecule has 0 fully saturated rings.